The average Bonchev–Trinajstić information content (AvgIpc) is 3.39. The summed E-state index contributed by atoms with van der Waals surface area (Å²) in [5.41, 5.74) is 0.671. The predicted octanol–water partition coefficient (Wildman–Crippen LogP) is 2.40. The molecule has 0 spiro atoms. The highest BCUT2D eigenvalue weighted by molar-refractivity contribution is 6.36. The summed E-state index contributed by atoms with van der Waals surface area (Å²) in [7, 11) is 0. The summed E-state index contributed by atoms with van der Waals surface area (Å²) >= 11 is 12.1. The second kappa shape index (κ2) is 9.93. The van der Waals surface area contributed by atoms with E-state index in [1.807, 2.05) is 0 Å². The molecule has 11 heteroatoms. The number of likely N-dealkylation sites (tertiary alicyclic amines) is 1. The van der Waals surface area contributed by atoms with Gasteiger partial charge in [-0.2, -0.15) is 0 Å². The van der Waals surface area contributed by atoms with Crippen molar-refractivity contribution < 1.29 is 23.6 Å². The summed E-state index contributed by atoms with van der Waals surface area (Å²) < 4.78 is 5.74. The van der Waals surface area contributed by atoms with Crippen molar-refractivity contribution in [2.75, 3.05) is 32.7 Å². The van der Waals surface area contributed by atoms with Gasteiger partial charge in [0.15, 0.2) is 11.7 Å². The molecule has 2 aromatic rings. The number of rotatable bonds is 6. The summed E-state index contributed by atoms with van der Waals surface area (Å²) in [6, 6.07) is 5.07. The molecule has 1 aromatic heterocycles. The van der Waals surface area contributed by atoms with Crippen molar-refractivity contribution in [3.8, 4) is 11.3 Å². The molecule has 2 fully saturated rings. The van der Waals surface area contributed by atoms with E-state index in [2.05, 4.69) is 4.98 Å². The molecule has 0 atom stereocenters. The molecule has 0 radical (unpaired) electrons. The normalized spacial score (nSPS) is 16.6. The highest BCUT2D eigenvalue weighted by Gasteiger charge is 2.33. The van der Waals surface area contributed by atoms with E-state index in [9.17, 15) is 19.2 Å². The highest BCUT2D eigenvalue weighted by Crippen LogP contribution is 2.30. The average molecular weight is 493 g/mol. The Morgan fingerprint density at radius 1 is 0.970 bits per heavy atom. The number of imide groups is 1. The van der Waals surface area contributed by atoms with Gasteiger partial charge in [-0.05, 0) is 18.2 Å². The van der Waals surface area contributed by atoms with Crippen LogP contribution in [-0.2, 0) is 25.6 Å². The van der Waals surface area contributed by atoms with E-state index < -0.39 is 0 Å². The van der Waals surface area contributed by atoms with E-state index in [4.69, 9.17) is 27.6 Å². The van der Waals surface area contributed by atoms with Gasteiger partial charge >= 0.3 is 0 Å². The van der Waals surface area contributed by atoms with E-state index in [1.54, 1.807) is 34.2 Å². The SMILES string of the molecule is O=C(CCc1ncc(-c2ccc(Cl)cc2Cl)o1)N1CCN(C(=O)CN2C(=O)CCC2=O)CC1. The minimum absolute atomic E-state index is 0.0590. The standard InChI is InChI=1S/C22H22Cl2N4O5/c23-14-1-2-15(16(24)11-14)17-12-25-18(33-17)3-4-19(29)26-7-9-27(10-8-26)22(32)13-28-20(30)5-6-21(28)31/h1-2,11-12H,3-10,13H2. The summed E-state index contributed by atoms with van der Waals surface area (Å²) in [4.78, 5) is 57.0. The molecular weight excluding hydrogens is 471 g/mol. The number of piperazine rings is 1. The third-order valence-electron chi connectivity index (χ3n) is 5.74. The molecule has 2 saturated heterocycles. The quantitative estimate of drug-likeness (QED) is 0.573. The van der Waals surface area contributed by atoms with Crippen LogP contribution in [-0.4, -0.2) is 76.0 Å². The van der Waals surface area contributed by atoms with Crippen LogP contribution in [0.5, 0.6) is 0 Å². The zero-order valence-electron chi connectivity index (χ0n) is 17.8. The molecule has 2 aliphatic heterocycles. The van der Waals surface area contributed by atoms with E-state index in [0.717, 1.165) is 4.90 Å². The van der Waals surface area contributed by atoms with Crippen molar-refractivity contribution in [1.29, 1.82) is 0 Å². The third kappa shape index (κ3) is 5.36. The molecular formula is C22H22Cl2N4O5. The van der Waals surface area contributed by atoms with Gasteiger partial charge in [0.2, 0.25) is 23.6 Å². The fourth-order valence-corrected chi connectivity index (χ4v) is 4.35. The van der Waals surface area contributed by atoms with Crippen LogP contribution in [0.25, 0.3) is 11.3 Å². The molecule has 0 bridgehead atoms. The van der Waals surface area contributed by atoms with Gasteiger partial charge in [-0.25, -0.2) is 4.98 Å². The second-order valence-electron chi connectivity index (χ2n) is 7.88. The number of aryl methyl sites for hydroxylation is 1. The number of hydrogen-bond acceptors (Lipinski definition) is 6. The Balaban J connectivity index is 1.24. The summed E-state index contributed by atoms with van der Waals surface area (Å²) in [5, 5.41) is 0.973. The first-order valence-corrected chi connectivity index (χ1v) is 11.4. The van der Waals surface area contributed by atoms with Crippen LogP contribution < -0.4 is 0 Å². The summed E-state index contributed by atoms with van der Waals surface area (Å²) in [6.45, 7) is 1.28. The first-order valence-electron chi connectivity index (χ1n) is 10.6. The Kier molecular flexibility index (Phi) is 6.99. The molecule has 0 aliphatic carbocycles. The summed E-state index contributed by atoms with van der Waals surface area (Å²) in [6.07, 6.45) is 2.44. The number of hydrogen-bond donors (Lipinski definition) is 0. The fraction of sp³-hybridized carbons (Fsp3) is 0.409. The van der Waals surface area contributed by atoms with Crippen LogP contribution in [0, 0.1) is 0 Å². The number of benzene rings is 1. The summed E-state index contributed by atoms with van der Waals surface area (Å²) in [5.74, 6) is -0.0279. The highest BCUT2D eigenvalue weighted by atomic mass is 35.5. The van der Waals surface area contributed by atoms with E-state index in [1.165, 1.54) is 0 Å². The van der Waals surface area contributed by atoms with E-state index >= 15 is 0 Å². The lowest BCUT2D eigenvalue weighted by Crippen LogP contribution is -2.53. The minimum Gasteiger partial charge on any atom is -0.441 e. The van der Waals surface area contributed by atoms with Crippen LogP contribution in [0.2, 0.25) is 10.0 Å². The number of carbonyl (C=O) groups excluding carboxylic acids is 4. The lowest BCUT2D eigenvalue weighted by molar-refractivity contribution is -0.147. The van der Waals surface area contributed by atoms with Crippen molar-refractivity contribution in [3.05, 3.63) is 40.3 Å². The third-order valence-corrected chi connectivity index (χ3v) is 6.28. The zero-order chi connectivity index (χ0) is 23.5. The van der Waals surface area contributed by atoms with E-state index in [0.29, 0.717) is 59.9 Å². The maximum absolute atomic E-state index is 12.6. The largest absolute Gasteiger partial charge is 0.441 e. The molecule has 174 valence electrons. The van der Waals surface area contributed by atoms with Crippen LogP contribution in [0.3, 0.4) is 0 Å². The molecule has 1 aromatic carbocycles. The first kappa shape index (κ1) is 23.3. The van der Waals surface area contributed by atoms with Gasteiger partial charge in [0.05, 0.1) is 11.2 Å². The number of amides is 4. The number of oxazole rings is 1. The van der Waals surface area contributed by atoms with Crippen LogP contribution >= 0.6 is 23.2 Å². The van der Waals surface area contributed by atoms with Crippen molar-refractivity contribution in [2.45, 2.75) is 25.7 Å². The smallest absolute Gasteiger partial charge is 0.242 e. The predicted molar refractivity (Wildman–Crippen MR) is 119 cm³/mol. The van der Waals surface area contributed by atoms with Crippen molar-refractivity contribution in [3.63, 3.8) is 0 Å². The van der Waals surface area contributed by atoms with Gasteiger partial charge in [0.1, 0.15) is 6.54 Å². The van der Waals surface area contributed by atoms with Crippen molar-refractivity contribution >= 4 is 46.8 Å². The molecule has 2 aliphatic rings. The number of carbonyl (C=O) groups is 4. The van der Waals surface area contributed by atoms with Gasteiger partial charge in [-0.3, -0.25) is 24.1 Å². The molecule has 4 rings (SSSR count). The Hall–Kier alpha value is -2.91. The molecule has 0 saturated carbocycles. The van der Waals surface area contributed by atoms with Gasteiger partial charge in [0, 0.05) is 62.4 Å². The maximum Gasteiger partial charge on any atom is 0.242 e. The number of nitrogens with zero attached hydrogens (tertiary/aromatic N) is 4. The Bertz CT molecular complexity index is 1080. The number of halogens is 2. The Morgan fingerprint density at radius 2 is 1.61 bits per heavy atom. The fourth-order valence-electron chi connectivity index (χ4n) is 3.85. The zero-order valence-corrected chi connectivity index (χ0v) is 19.3. The molecule has 0 unspecified atom stereocenters. The van der Waals surface area contributed by atoms with Gasteiger partial charge in [0.25, 0.3) is 0 Å². The maximum atomic E-state index is 12.6. The second-order valence-corrected chi connectivity index (χ2v) is 8.72. The van der Waals surface area contributed by atoms with Gasteiger partial charge < -0.3 is 14.2 Å². The molecule has 9 nitrogen and oxygen atoms in total. The van der Waals surface area contributed by atoms with Crippen molar-refractivity contribution in [1.82, 2.24) is 19.7 Å². The number of aromatic nitrogens is 1. The Morgan fingerprint density at radius 3 is 2.24 bits per heavy atom. The van der Waals surface area contributed by atoms with Crippen LogP contribution in [0.4, 0.5) is 0 Å². The van der Waals surface area contributed by atoms with Gasteiger partial charge in [-0.1, -0.05) is 23.2 Å². The van der Waals surface area contributed by atoms with Crippen LogP contribution in [0.15, 0.2) is 28.8 Å². The Labute approximate surface area is 200 Å². The molecule has 0 N–H and O–H groups in total. The topological polar surface area (TPSA) is 104 Å². The van der Waals surface area contributed by atoms with E-state index in [-0.39, 0.29) is 49.4 Å². The minimum atomic E-state index is -0.310. The molecule has 33 heavy (non-hydrogen) atoms. The monoisotopic (exact) mass is 492 g/mol. The van der Waals surface area contributed by atoms with Crippen molar-refractivity contribution in [2.24, 2.45) is 0 Å². The van der Waals surface area contributed by atoms with Crippen LogP contribution in [0.1, 0.15) is 25.2 Å². The molecule has 3 heterocycles. The first-order chi connectivity index (χ1) is 15.8. The van der Waals surface area contributed by atoms with Gasteiger partial charge in [-0.15, -0.1) is 0 Å². The lowest BCUT2D eigenvalue weighted by atomic mass is 10.2. The molecule has 4 amide bonds. The lowest BCUT2D eigenvalue weighted by Gasteiger charge is -2.35.